The number of nitrogens with one attached hydrogen (secondary N) is 1. The minimum atomic E-state index is 0.220. The van der Waals surface area contributed by atoms with Crippen LogP contribution >= 0.6 is 0 Å². The molecule has 5 heteroatoms. The molecule has 0 atom stereocenters. The van der Waals surface area contributed by atoms with Crippen molar-refractivity contribution >= 4 is 5.91 Å². The van der Waals surface area contributed by atoms with E-state index in [4.69, 9.17) is 4.74 Å². The summed E-state index contributed by atoms with van der Waals surface area (Å²) in [7, 11) is 1.67. The molecule has 0 bridgehead atoms. The van der Waals surface area contributed by atoms with Gasteiger partial charge in [-0.2, -0.15) is 0 Å². The highest BCUT2D eigenvalue weighted by molar-refractivity contribution is 5.78. The van der Waals surface area contributed by atoms with Crippen molar-refractivity contribution in [2.45, 2.75) is 12.8 Å². The fraction of sp³-hybridized carbons (Fsp3) is 0.923. The number of ether oxygens (including phenoxy) is 1. The minimum Gasteiger partial charge on any atom is -0.383 e. The first-order chi connectivity index (χ1) is 8.79. The third-order valence-corrected chi connectivity index (χ3v) is 3.70. The second-order valence-corrected chi connectivity index (χ2v) is 5.29. The fourth-order valence-electron chi connectivity index (χ4n) is 2.33. The highest BCUT2D eigenvalue weighted by Crippen LogP contribution is 2.29. The summed E-state index contributed by atoms with van der Waals surface area (Å²) in [4.78, 5) is 16.4. The summed E-state index contributed by atoms with van der Waals surface area (Å²) < 4.78 is 4.93. The van der Waals surface area contributed by atoms with E-state index in [-0.39, 0.29) is 5.91 Å². The van der Waals surface area contributed by atoms with Crippen LogP contribution in [0.25, 0.3) is 0 Å². The molecule has 1 heterocycles. The van der Waals surface area contributed by atoms with Crippen molar-refractivity contribution in [2.75, 3.05) is 59.5 Å². The maximum Gasteiger partial charge on any atom is 0.236 e. The van der Waals surface area contributed by atoms with E-state index in [1.165, 1.54) is 19.4 Å². The van der Waals surface area contributed by atoms with Crippen LogP contribution in [-0.2, 0) is 9.53 Å². The lowest BCUT2D eigenvalue weighted by atomic mass is 10.2. The molecule has 0 aromatic rings. The van der Waals surface area contributed by atoms with Gasteiger partial charge in [-0.25, -0.2) is 0 Å². The van der Waals surface area contributed by atoms with Gasteiger partial charge in [0, 0.05) is 46.4 Å². The van der Waals surface area contributed by atoms with E-state index in [0.29, 0.717) is 13.2 Å². The molecule has 104 valence electrons. The van der Waals surface area contributed by atoms with Crippen molar-refractivity contribution in [1.29, 1.82) is 0 Å². The van der Waals surface area contributed by atoms with Crippen molar-refractivity contribution in [3.8, 4) is 0 Å². The Bertz CT molecular complexity index is 261. The smallest absolute Gasteiger partial charge is 0.236 e. The van der Waals surface area contributed by atoms with Crippen molar-refractivity contribution in [3.05, 3.63) is 0 Å². The Morgan fingerprint density at radius 1 is 1.28 bits per heavy atom. The standard InChI is InChI=1S/C13H25N3O2/c1-18-9-4-14-10-13(17)16-7-5-15(6-8-16)11-12-2-3-12/h12,14H,2-11H2,1H3. The van der Waals surface area contributed by atoms with E-state index in [2.05, 4.69) is 10.2 Å². The van der Waals surface area contributed by atoms with Crippen LogP contribution in [-0.4, -0.2) is 75.2 Å². The van der Waals surface area contributed by atoms with Gasteiger partial charge in [0.25, 0.3) is 0 Å². The molecule has 2 aliphatic rings. The van der Waals surface area contributed by atoms with Crippen LogP contribution in [0, 0.1) is 5.92 Å². The zero-order valence-corrected chi connectivity index (χ0v) is 11.4. The third kappa shape index (κ3) is 4.55. The van der Waals surface area contributed by atoms with Gasteiger partial charge >= 0.3 is 0 Å². The van der Waals surface area contributed by atoms with E-state index >= 15 is 0 Å². The zero-order chi connectivity index (χ0) is 12.8. The van der Waals surface area contributed by atoms with Gasteiger partial charge in [-0.05, 0) is 18.8 Å². The maximum absolute atomic E-state index is 11.9. The Morgan fingerprint density at radius 2 is 2.00 bits per heavy atom. The molecule has 5 nitrogen and oxygen atoms in total. The summed E-state index contributed by atoms with van der Waals surface area (Å²) in [5.74, 6) is 1.17. The summed E-state index contributed by atoms with van der Waals surface area (Å²) in [6, 6.07) is 0. The number of rotatable bonds is 7. The van der Waals surface area contributed by atoms with Crippen LogP contribution in [0.3, 0.4) is 0 Å². The van der Waals surface area contributed by atoms with Crippen molar-refractivity contribution in [1.82, 2.24) is 15.1 Å². The first-order valence-corrected chi connectivity index (χ1v) is 6.99. The quantitative estimate of drug-likeness (QED) is 0.639. The summed E-state index contributed by atoms with van der Waals surface area (Å²) in [6.07, 6.45) is 2.81. The Morgan fingerprint density at radius 3 is 2.61 bits per heavy atom. The van der Waals surface area contributed by atoms with E-state index in [9.17, 15) is 4.79 Å². The Labute approximate surface area is 109 Å². The molecule has 0 unspecified atom stereocenters. The van der Waals surface area contributed by atoms with Gasteiger partial charge in [0.15, 0.2) is 0 Å². The predicted octanol–water partition coefficient (Wildman–Crippen LogP) is -0.223. The van der Waals surface area contributed by atoms with Crippen molar-refractivity contribution in [2.24, 2.45) is 5.92 Å². The normalized spacial score (nSPS) is 21.3. The Kier molecular flexibility index (Phi) is 5.41. The number of carbonyl (C=O) groups is 1. The molecule has 0 radical (unpaired) electrons. The molecule has 2 rings (SSSR count). The van der Waals surface area contributed by atoms with Gasteiger partial charge in [0.2, 0.25) is 5.91 Å². The van der Waals surface area contributed by atoms with Gasteiger partial charge in [0.1, 0.15) is 0 Å². The van der Waals surface area contributed by atoms with Gasteiger partial charge in [0.05, 0.1) is 13.2 Å². The second-order valence-electron chi connectivity index (χ2n) is 5.29. The predicted molar refractivity (Wildman–Crippen MR) is 70.5 cm³/mol. The van der Waals surface area contributed by atoms with Gasteiger partial charge in [-0.3, -0.25) is 9.69 Å². The molecule has 1 aliphatic heterocycles. The number of hydrogen-bond donors (Lipinski definition) is 1. The first kappa shape index (κ1) is 13.8. The largest absolute Gasteiger partial charge is 0.383 e. The number of amides is 1. The van der Waals surface area contributed by atoms with Crippen LogP contribution in [0.5, 0.6) is 0 Å². The van der Waals surface area contributed by atoms with Crippen molar-refractivity contribution in [3.63, 3.8) is 0 Å². The van der Waals surface area contributed by atoms with Crippen LogP contribution in [0.2, 0.25) is 0 Å². The zero-order valence-electron chi connectivity index (χ0n) is 11.4. The molecule has 1 saturated carbocycles. The lowest BCUT2D eigenvalue weighted by molar-refractivity contribution is -0.132. The Balaban J connectivity index is 1.57. The van der Waals surface area contributed by atoms with Crippen LogP contribution in [0.4, 0.5) is 0 Å². The molecule has 1 aliphatic carbocycles. The molecule has 1 N–H and O–H groups in total. The fourth-order valence-corrected chi connectivity index (χ4v) is 2.33. The topological polar surface area (TPSA) is 44.8 Å². The molecular weight excluding hydrogens is 230 g/mol. The average Bonchev–Trinajstić information content (AvgIpc) is 3.19. The summed E-state index contributed by atoms with van der Waals surface area (Å²) in [5, 5.41) is 3.11. The van der Waals surface area contributed by atoms with Crippen molar-refractivity contribution < 1.29 is 9.53 Å². The molecule has 0 spiro atoms. The van der Waals surface area contributed by atoms with Crippen LogP contribution in [0.15, 0.2) is 0 Å². The monoisotopic (exact) mass is 255 g/mol. The molecular formula is C13H25N3O2. The number of nitrogens with zero attached hydrogens (tertiary/aromatic N) is 2. The Hall–Kier alpha value is -0.650. The summed E-state index contributed by atoms with van der Waals surface area (Å²) >= 11 is 0. The molecule has 0 aromatic heterocycles. The lowest BCUT2D eigenvalue weighted by Crippen LogP contribution is -2.51. The first-order valence-electron chi connectivity index (χ1n) is 6.99. The highest BCUT2D eigenvalue weighted by atomic mass is 16.5. The second kappa shape index (κ2) is 7.07. The number of piperazine rings is 1. The molecule has 1 saturated heterocycles. The van der Waals surface area contributed by atoms with E-state index < -0.39 is 0 Å². The van der Waals surface area contributed by atoms with Gasteiger partial charge in [-0.1, -0.05) is 0 Å². The van der Waals surface area contributed by atoms with E-state index in [1.807, 2.05) is 4.90 Å². The van der Waals surface area contributed by atoms with E-state index in [0.717, 1.165) is 38.6 Å². The maximum atomic E-state index is 11.9. The number of methoxy groups -OCH3 is 1. The third-order valence-electron chi connectivity index (χ3n) is 3.70. The molecule has 2 fully saturated rings. The SMILES string of the molecule is COCCNCC(=O)N1CCN(CC2CC2)CC1. The molecule has 1 amide bonds. The van der Waals surface area contributed by atoms with Gasteiger partial charge < -0.3 is 15.0 Å². The van der Waals surface area contributed by atoms with Gasteiger partial charge in [-0.15, -0.1) is 0 Å². The summed E-state index contributed by atoms with van der Waals surface area (Å²) in [5.41, 5.74) is 0. The van der Waals surface area contributed by atoms with E-state index in [1.54, 1.807) is 7.11 Å². The number of hydrogen-bond acceptors (Lipinski definition) is 4. The highest BCUT2D eigenvalue weighted by Gasteiger charge is 2.27. The number of carbonyl (C=O) groups excluding carboxylic acids is 1. The molecule has 18 heavy (non-hydrogen) atoms. The molecule has 0 aromatic carbocycles. The average molecular weight is 255 g/mol. The van der Waals surface area contributed by atoms with Crippen LogP contribution in [0.1, 0.15) is 12.8 Å². The summed E-state index contributed by atoms with van der Waals surface area (Å²) in [6.45, 7) is 6.93. The van der Waals surface area contributed by atoms with Crippen LogP contribution < -0.4 is 5.32 Å². The minimum absolute atomic E-state index is 0.220. The lowest BCUT2D eigenvalue weighted by Gasteiger charge is -2.34.